The van der Waals surface area contributed by atoms with Gasteiger partial charge in [0.2, 0.25) is 0 Å². The summed E-state index contributed by atoms with van der Waals surface area (Å²) in [5.74, 6) is 0. The minimum absolute atomic E-state index is 0.278. The maximum absolute atomic E-state index is 9.99. The van der Waals surface area contributed by atoms with Crippen molar-refractivity contribution in [2.75, 3.05) is 19.8 Å². The Kier molecular flexibility index (Phi) is 11.9. The van der Waals surface area contributed by atoms with Crippen molar-refractivity contribution in [1.82, 2.24) is 0 Å². The van der Waals surface area contributed by atoms with Crippen molar-refractivity contribution in [2.45, 2.75) is 95.5 Å². The van der Waals surface area contributed by atoms with E-state index in [1.165, 1.54) is 51.4 Å². The summed E-state index contributed by atoms with van der Waals surface area (Å²) >= 11 is 0. The number of hydrogen-bond acceptors (Lipinski definition) is 5. The second-order valence-corrected chi connectivity index (χ2v) is 6.63. The van der Waals surface area contributed by atoms with Crippen LogP contribution in [0, 0.1) is 0 Å². The lowest BCUT2D eigenvalue weighted by Gasteiger charge is -2.20. The number of aliphatic hydroxyl groups is 3. The molecule has 1 saturated heterocycles. The lowest BCUT2D eigenvalue weighted by atomic mass is 10.1. The second-order valence-electron chi connectivity index (χ2n) is 6.63. The van der Waals surface area contributed by atoms with Crippen molar-refractivity contribution in [1.29, 1.82) is 0 Å². The van der Waals surface area contributed by atoms with E-state index in [0.717, 1.165) is 12.8 Å². The molecule has 1 aliphatic rings. The molecule has 0 aromatic heterocycles. The quantitative estimate of drug-likeness (QED) is 0.426. The number of rotatable bonds is 14. The van der Waals surface area contributed by atoms with Gasteiger partial charge in [0.25, 0.3) is 0 Å². The summed E-state index contributed by atoms with van der Waals surface area (Å²) in [6, 6.07) is 0. The fourth-order valence-corrected chi connectivity index (χ4v) is 3.03. The van der Waals surface area contributed by atoms with Crippen molar-refractivity contribution in [2.24, 2.45) is 0 Å². The summed E-state index contributed by atoms with van der Waals surface area (Å²) < 4.78 is 10.9. The average molecular weight is 332 g/mol. The lowest BCUT2D eigenvalue weighted by Crippen LogP contribution is -2.41. The van der Waals surface area contributed by atoms with Crippen molar-refractivity contribution < 1.29 is 24.8 Å². The standard InChI is InChI=1S/C18H36O5/c1-2-3-4-5-6-7-8-9-10-11-12-22-16-14-23-18(17(16)21)15(20)13-19/h15-21H,2-14H2,1H3/t15-,16+,17+,18+/m0/s1. The van der Waals surface area contributed by atoms with E-state index in [2.05, 4.69) is 6.92 Å². The third kappa shape index (κ3) is 8.45. The molecule has 3 N–H and O–H groups in total. The van der Waals surface area contributed by atoms with E-state index < -0.39 is 24.9 Å². The molecule has 0 bridgehead atoms. The topological polar surface area (TPSA) is 79.2 Å². The molecule has 5 heteroatoms. The summed E-state index contributed by atoms with van der Waals surface area (Å²) in [6.07, 6.45) is 9.77. The van der Waals surface area contributed by atoms with Crippen LogP contribution in [0.5, 0.6) is 0 Å². The molecule has 0 aliphatic carbocycles. The van der Waals surface area contributed by atoms with E-state index in [4.69, 9.17) is 14.6 Å². The molecule has 0 saturated carbocycles. The van der Waals surface area contributed by atoms with Crippen molar-refractivity contribution in [3.05, 3.63) is 0 Å². The number of unbranched alkanes of at least 4 members (excludes halogenated alkanes) is 9. The highest BCUT2D eigenvalue weighted by molar-refractivity contribution is 4.88. The van der Waals surface area contributed by atoms with Crippen LogP contribution in [0.25, 0.3) is 0 Å². The van der Waals surface area contributed by atoms with Gasteiger partial charge in [-0.3, -0.25) is 0 Å². The lowest BCUT2D eigenvalue weighted by molar-refractivity contribution is -0.0730. The highest BCUT2D eigenvalue weighted by Crippen LogP contribution is 2.20. The van der Waals surface area contributed by atoms with Crippen LogP contribution in [0.15, 0.2) is 0 Å². The molecule has 0 unspecified atom stereocenters. The zero-order valence-electron chi connectivity index (χ0n) is 14.7. The Morgan fingerprint density at radius 1 is 1.00 bits per heavy atom. The van der Waals surface area contributed by atoms with Gasteiger partial charge in [0, 0.05) is 6.61 Å². The summed E-state index contributed by atoms with van der Waals surface area (Å²) in [6.45, 7) is 2.73. The second kappa shape index (κ2) is 13.1. The third-order valence-electron chi connectivity index (χ3n) is 4.57. The minimum Gasteiger partial charge on any atom is -0.394 e. The molecule has 1 fully saturated rings. The van der Waals surface area contributed by atoms with Gasteiger partial charge in [0.05, 0.1) is 13.2 Å². The Morgan fingerprint density at radius 3 is 2.13 bits per heavy atom. The van der Waals surface area contributed by atoms with E-state index >= 15 is 0 Å². The highest BCUT2D eigenvalue weighted by atomic mass is 16.6. The Balaban J connectivity index is 1.92. The molecule has 4 atom stereocenters. The predicted octanol–water partition coefficient (Wildman–Crippen LogP) is 2.41. The number of aliphatic hydroxyl groups excluding tert-OH is 3. The number of hydrogen-bond donors (Lipinski definition) is 3. The van der Waals surface area contributed by atoms with Crippen molar-refractivity contribution in [3.8, 4) is 0 Å². The highest BCUT2D eigenvalue weighted by Gasteiger charge is 2.40. The third-order valence-corrected chi connectivity index (χ3v) is 4.57. The van der Waals surface area contributed by atoms with Crippen LogP contribution in [0.3, 0.4) is 0 Å². The summed E-state index contributed by atoms with van der Waals surface area (Å²) in [5, 5.41) is 28.4. The van der Waals surface area contributed by atoms with Crippen LogP contribution in [-0.2, 0) is 9.47 Å². The van der Waals surface area contributed by atoms with Crippen molar-refractivity contribution in [3.63, 3.8) is 0 Å². The smallest absolute Gasteiger partial charge is 0.114 e. The molecular weight excluding hydrogens is 296 g/mol. The summed E-state index contributed by atoms with van der Waals surface area (Å²) in [7, 11) is 0. The molecule has 1 aliphatic heterocycles. The van der Waals surface area contributed by atoms with Crippen LogP contribution >= 0.6 is 0 Å². The maximum atomic E-state index is 9.99. The minimum atomic E-state index is -1.05. The number of ether oxygens (including phenoxy) is 2. The van der Waals surface area contributed by atoms with Crippen LogP contribution in [-0.4, -0.2) is 59.6 Å². The van der Waals surface area contributed by atoms with Crippen molar-refractivity contribution >= 4 is 0 Å². The molecule has 0 aromatic carbocycles. The fourth-order valence-electron chi connectivity index (χ4n) is 3.03. The monoisotopic (exact) mass is 332 g/mol. The van der Waals surface area contributed by atoms with E-state index in [1.807, 2.05) is 0 Å². The van der Waals surface area contributed by atoms with E-state index in [9.17, 15) is 10.2 Å². The summed E-state index contributed by atoms with van der Waals surface area (Å²) in [4.78, 5) is 0. The molecule has 0 radical (unpaired) electrons. The van der Waals surface area contributed by atoms with Gasteiger partial charge in [-0.25, -0.2) is 0 Å². The molecule has 1 heterocycles. The molecule has 23 heavy (non-hydrogen) atoms. The Morgan fingerprint density at radius 2 is 1.57 bits per heavy atom. The molecule has 0 spiro atoms. The first-order chi connectivity index (χ1) is 11.2. The predicted molar refractivity (Wildman–Crippen MR) is 90.4 cm³/mol. The fraction of sp³-hybridized carbons (Fsp3) is 1.00. The maximum Gasteiger partial charge on any atom is 0.114 e. The van der Waals surface area contributed by atoms with E-state index in [1.54, 1.807) is 0 Å². The normalized spacial score (nSPS) is 25.8. The van der Waals surface area contributed by atoms with Gasteiger partial charge in [0.1, 0.15) is 24.4 Å². The first-order valence-corrected chi connectivity index (χ1v) is 9.40. The van der Waals surface area contributed by atoms with Gasteiger partial charge in [-0.15, -0.1) is 0 Å². The first-order valence-electron chi connectivity index (χ1n) is 9.40. The van der Waals surface area contributed by atoms with Gasteiger partial charge in [-0.05, 0) is 6.42 Å². The zero-order valence-corrected chi connectivity index (χ0v) is 14.7. The van der Waals surface area contributed by atoms with Crippen LogP contribution in [0.1, 0.15) is 71.1 Å². The van der Waals surface area contributed by atoms with E-state index in [-0.39, 0.29) is 12.7 Å². The molecule has 0 amide bonds. The SMILES string of the molecule is CCCCCCCCCCCCO[C@@H]1CO[C@H]([C@@H](O)CO)[C@@H]1O. The zero-order chi connectivity index (χ0) is 16.9. The first kappa shape index (κ1) is 20.8. The Labute approximate surface area is 141 Å². The van der Waals surface area contributed by atoms with Gasteiger partial charge < -0.3 is 24.8 Å². The van der Waals surface area contributed by atoms with Gasteiger partial charge in [0.15, 0.2) is 0 Å². The van der Waals surface area contributed by atoms with Crippen LogP contribution in [0.2, 0.25) is 0 Å². The molecule has 5 nitrogen and oxygen atoms in total. The molecule has 138 valence electrons. The van der Waals surface area contributed by atoms with Gasteiger partial charge in [-0.2, -0.15) is 0 Å². The Hall–Kier alpha value is -0.200. The summed E-state index contributed by atoms with van der Waals surface area (Å²) in [5.41, 5.74) is 0. The average Bonchev–Trinajstić information content (AvgIpc) is 2.93. The van der Waals surface area contributed by atoms with Crippen LogP contribution in [0.4, 0.5) is 0 Å². The van der Waals surface area contributed by atoms with Gasteiger partial charge >= 0.3 is 0 Å². The molecule has 0 aromatic rings. The van der Waals surface area contributed by atoms with Crippen LogP contribution < -0.4 is 0 Å². The molecular formula is C18H36O5. The van der Waals surface area contributed by atoms with Gasteiger partial charge in [-0.1, -0.05) is 64.7 Å². The molecule has 1 rings (SSSR count). The Bertz CT molecular complexity index is 274. The van der Waals surface area contributed by atoms with E-state index in [0.29, 0.717) is 6.61 Å². The largest absolute Gasteiger partial charge is 0.394 e.